The highest BCUT2D eigenvalue weighted by Crippen LogP contribution is 2.33. The largest absolute Gasteiger partial charge is 0.394 e. The Morgan fingerprint density at radius 2 is 0.985 bits per heavy atom. The Labute approximate surface area is 397 Å². The molecule has 392 valence electrons. The minimum Gasteiger partial charge on any atom is -0.394 e. The lowest BCUT2D eigenvalue weighted by Crippen LogP contribution is -2.66. The summed E-state index contributed by atoms with van der Waals surface area (Å²) >= 11 is 0. The van der Waals surface area contributed by atoms with E-state index in [0.717, 1.165) is 83.5 Å². The van der Waals surface area contributed by atoms with Crippen LogP contribution in [0, 0.1) is 0 Å². The van der Waals surface area contributed by atoms with E-state index in [-0.39, 0.29) is 18.9 Å². The molecule has 3 rings (SSSR count). The third-order valence-electron chi connectivity index (χ3n) is 12.8. The van der Waals surface area contributed by atoms with E-state index in [2.05, 4.69) is 43.5 Å². The molecule has 3 fully saturated rings. The average Bonchev–Trinajstić information content (AvgIpc) is 3.32. The lowest BCUT2D eigenvalue weighted by atomic mass is 9.96. The number of carbonyl (C=O) groups is 1. The molecule has 3 heterocycles. The Kier molecular flexibility index (Phi) is 30.0. The van der Waals surface area contributed by atoms with E-state index >= 15 is 0 Å². The number of carbonyl (C=O) groups excluding carboxylic acids is 1. The van der Waals surface area contributed by atoms with Gasteiger partial charge in [0.1, 0.15) is 73.2 Å². The van der Waals surface area contributed by atoms with Crippen LogP contribution in [0.4, 0.5) is 0 Å². The zero-order chi connectivity index (χ0) is 49.1. The van der Waals surface area contributed by atoms with Crippen molar-refractivity contribution in [3.63, 3.8) is 0 Å². The molecule has 0 aliphatic carbocycles. The number of rotatable bonds is 34. The highest BCUT2D eigenvalue weighted by atomic mass is 16.8. The second kappa shape index (κ2) is 33.8. The Bertz CT molecular complexity index is 1340. The molecule has 3 aliphatic heterocycles. The minimum atomic E-state index is -1.97. The van der Waals surface area contributed by atoms with Gasteiger partial charge in [-0.3, -0.25) is 4.79 Å². The summed E-state index contributed by atoms with van der Waals surface area (Å²) in [6.07, 6.45) is 2.09. The fourth-order valence-electron chi connectivity index (χ4n) is 8.52. The number of allylic oxidation sites excluding steroid dienone is 4. The van der Waals surface area contributed by atoms with Gasteiger partial charge in [0.15, 0.2) is 18.9 Å². The lowest BCUT2D eigenvalue weighted by molar-refractivity contribution is -0.379. The van der Waals surface area contributed by atoms with E-state index < -0.39 is 124 Å². The van der Waals surface area contributed by atoms with Gasteiger partial charge in [0, 0.05) is 6.42 Å². The third kappa shape index (κ3) is 20.1. The zero-order valence-corrected chi connectivity index (χ0v) is 39.9. The fraction of sp³-hybridized carbons (Fsp3) is 0.896. The number of aliphatic hydroxyl groups excluding tert-OH is 11. The number of nitrogens with one attached hydrogen (secondary N) is 1. The summed E-state index contributed by atoms with van der Waals surface area (Å²) in [5, 5.41) is 119. The van der Waals surface area contributed by atoms with Crippen LogP contribution in [0.2, 0.25) is 0 Å². The monoisotopic (exact) mass is 966 g/mol. The van der Waals surface area contributed by atoms with Gasteiger partial charge in [-0.05, 0) is 44.9 Å². The van der Waals surface area contributed by atoms with Gasteiger partial charge in [0.25, 0.3) is 0 Å². The van der Waals surface area contributed by atoms with Crippen LogP contribution in [0.15, 0.2) is 24.3 Å². The molecule has 3 saturated heterocycles. The van der Waals surface area contributed by atoms with E-state index in [4.69, 9.17) is 28.4 Å². The first-order valence-electron chi connectivity index (χ1n) is 25.1. The zero-order valence-electron chi connectivity index (χ0n) is 39.9. The molecular formula is C48H87NO18. The van der Waals surface area contributed by atoms with E-state index in [0.29, 0.717) is 12.8 Å². The fourth-order valence-corrected chi connectivity index (χ4v) is 8.52. The second-order valence-corrected chi connectivity index (χ2v) is 18.3. The van der Waals surface area contributed by atoms with Crippen molar-refractivity contribution in [3.05, 3.63) is 24.3 Å². The van der Waals surface area contributed by atoms with Crippen molar-refractivity contribution in [1.82, 2.24) is 5.32 Å². The number of unbranched alkanes of at least 4 members (excludes halogenated alkanes) is 14. The van der Waals surface area contributed by atoms with Crippen LogP contribution >= 0.6 is 0 Å². The lowest BCUT2D eigenvalue weighted by Gasteiger charge is -2.48. The van der Waals surface area contributed by atoms with Crippen LogP contribution in [-0.4, -0.2) is 193 Å². The minimum absolute atomic E-state index is 0.256. The van der Waals surface area contributed by atoms with Crippen LogP contribution in [0.3, 0.4) is 0 Å². The number of hydrogen-bond acceptors (Lipinski definition) is 18. The molecule has 0 bridgehead atoms. The number of ether oxygens (including phenoxy) is 6. The molecule has 17 unspecified atom stereocenters. The summed E-state index contributed by atoms with van der Waals surface area (Å²) in [7, 11) is 0. The summed E-state index contributed by atoms with van der Waals surface area (Å²) in [5.41, 5.74) is 0. The summed E-state index contributed by atoms with van der Waals surface area (Å²) in [6.45, 7) is 1.61. The summed E-state index contributed by atoms with van der Waals surface area (Å²) in [4.78, 5) is 13.1. The molecule has 0 aromatic rings. The molecule has 1 amide bonds. The number of aliphatic hydroxyl groups is 11. The predicted octanol–water partition coefficient (Wildman–Crippen LogP) is 1.25. The quantitative estimate of drug-likeness (QED) is 0.0319. The maximum atomic E-state index is 13.1. The molecule has 19 nitrogen and oxygen atoms in total. The van der Waals surface area contributed by atoms with Gasteiger partial charge in [-0.25, -0.2) is 0 Å². The first kappa shape index (κ1) is 59.6. The maximum absolute atomic E-state index is 13.1. The SMILES string of the molecule is CCCCC/C=C\C/C=C\CCCCCCCCCC(=O)NC(COC1OC(CO)C(OC2OC(CO)C(OC3OC(CO)C(O)C(O)C3O)C(O)C2O)C(O)C1O)C(O)CCCCCCC. The predicted molar refractivity (Wildman–Crippen MR) is 245 cm³/mol. The van der Waals surface area contributed by atoms with Crippen molar-refractivity contribution >= 4 is 5.91 Å². The number of amides is 1. The third-order valence-corrected chi connectivity index (χ3v) is 12.8. The van der Waals surface area contributed by atoms with E-state index in [9.17, 15) is 61.0 Å². The van der Waals surface area contributed by atoms with Crippen LogP contribution in [-0.2, 0) is 33.2 Å². The van der Waals surface area contributed by atoms with Crippen LogP contribution in [0.1, 0.15) is 142 Å². The van der Waals surface area contributed by atoms with Crippen LogP contribution < -0.4 is 5.32 Å². The maximum Gasteiger partial charge on any atom is 0.220 e. The standard InChI is InChI=1S/C48H87NO18/c1-3-5-7-9-10-11-12-13-14-15-16-17-18-19-20-22-24-26-36(54)49-31(32(53)25-23-21-8-6-4-2)30-62-46-42(60)39(57)44(34(28-51)64-46)67-48-43(61)40(58)45(35(29-52)65-48)66-47-41(59)38(56)37(55)33(27-50)63-47/h10-11,13-14,31-35,37-48,50-53,55-61H,3-9,12,15-30H2,1-2H3,(H,49,54)/b11-10-,14-13-. The van der Waals surface area contributed by atoms with Crippen LogP contribution in [0.5, 0.6) is 0 Å². The first-order valence-corrected chi connectivity index (χ1v) is 25.1. The Hall–Kier alpha value is -1.73. The van der Waals surface area contributed by atoms with Gasteiger partial charge >= 0.3 is 0 Å². The van der Waals surface area contributed by atoms with Crippen molar-refractivity contribution in [2.24, 2.45) is 0 Å². The molecule has 0 aromatic heterocycles. The highest BCUT2D eigenvalue weighted by molar-refractivity contribution is 5.76. The molecule has 67 heavy (non-hydrogen) atoms. The summed E-state index contributed by atoms with van der Waals surface area (Å²) in [5.74, 6) is -0.261. The topological polar surface area (TPSA) is 307 Å². The molecule has 3 aliphatic rings. The van der Waals surface area contributed by atoms with Gasteiger partial charge < -0.3 is 89.9 Å². The number of hydrogen-bond donors (Lipinski definition) is 12. The first-order chi connectivity index (χ1) is 32.3. The second-order valence-electron chi connectivity index (χ2n) is 18.3. The Morgan fingerprint density at radius 3 is 1.55 bits per heavy atom. The van der Waals surface area contributed by atoms with Crippen molar-refractivity contribution in [2.45, 2.75) is 247 Å². The Morgan fingerprint density at radius 1 is 0.537 bits per heavy atom. The van der Waals surface area contributed by atoms with E-state index in [1.165, 1.54) is 25.7 Å². The normalized spacial score (nSPS) is 33.7. The smallest absolute Gasteiger partial charge is 0.220 e. The van der Waals surface area contributed by atoms with E-state index in [1.807, 2.05) is 0 Å². The van der Waals surface area contributed by atoms with Gasteiger partial charge in [0.2, 0.25) is 5.91 Å². The molecule has 19 heteroatoms. The van der Waals surface area contributed by atoms with Crippen molar-refractivity contribution in [2.75, 3.05) is 26.4 Å². The van der Waals surface area contributed by atoms with Gasteiger partial charge in [-0.15, -0.1) is 0 Å². The average molecular weight is 966 g/mol. The Balaban J connectivity index is 1.49. The van der Waals surface area contributed by atoms with Crippen molar-refractivity contribution in [3.8, 4) is 0 Å². The van der Waals surface area contributed by atoms with Gasteiger partial charge in [-0.2, -0.15) is 0 Å². The molecule has 0 radical (unpaired) electrons. The van der Waals surface area contributed by atoms with Crippen LogP contribution in [0.25, 0.3) is 0 Å². The van der Waals surface area contributed by atoms with Gasteiger partial charge in [0.05, 0.1) is 38.6 Å². The molecule has 0 saturated carbocycles. The van der Waals surface area contributed by atoms with Crippen molar-refractivity contribution in [1.29, 1.82) is 0 Å². The molecular weight excluding hydrogens is 879 g/mol. The van der Waals surface area contributed by atoms with E-state index in [1.54, 1.807) is 0 Å². The molecule has 0 aromatic carbocycles. The molecule has 0 spiro atoms. The highest BCUT2D eigenvalue weighted by Gasteiger charge is 2.53. The summed E-state index contributed by atoms with van der Waals surface area (Å²) in [6, 6.07) is -0.884. The van der Waals surface area contributed by atoms with Crippen molar-refractivity contribution < 1.29 is 89.4 Å². The molecule has 12 N–H and O–H groups in total. The molecule has 17 atom stereocenters. The van der Waals surface area contributed by atoms with Gasteiger partial charge in [-0.1, -0.05) is 115 Å². The summed E-state index contributed by atoms with van der Waals surface area (Å²) < 4.78 is 34.0.